The average Bonchev–Trinajstić information content (AvgIpc) is 2.70. The molecule has 18 heavy (non-hydrogen) atoms. The summed E-state index contributed by atoms with van der Waals surface area (Å²) in [6.45, 7) is 1.60. The number of hydrogen-bond acceptors (Lipinski definition) is 5. The molecular weight excluding hydrogens is 252 g/mol. The van der Waals surface area contributed by atoms with Gasteiger partial charge in [0, 0.05) is 29.8 Å². The molecule has 6 nitrogen and oxygen atoms in total. The van der Waals surface area contributed by atoms with Gasteiger partial charge in [-0.2, -0.15) is 5.10 Å². The summed E-state index contributed by atoms with van der Waals surface area (Å²) in [4.78, 5) is 4.00. The van der Waals surface area contributed by atoms with E-state index in [4.69, 9.17) is 5.73 Å². The number of sulfone groups is 1. The highest BCUT2D eigenvalue weighted by Gasteiger charge is 2.25. The highest BCUT2D eigenvalue weighted by molar-refractivity contribution is 7.90. The van der Waals surface area contributed by atoms with Crippen LogP contribution < -0.4 is 5.73 Å². The van der Waals surface area contributed by atoms with E-state index >= 15 is 0 Å². The third kappa shape index (κ3) is 2.21. The molecule has 3 N–H and O–H groups in total. The molecular formula is C11H14N4O2S. The molecule has 0 fully saturated rings. The maximum absolute atomic E-state index is 11.6. The fraction of sp³-hybridized carbons (Fsp3) is 0.273. The maximum Gasteiger partial charge on any atom is 0.155 e. The van der Waals surface area contributed by atoms with Crippen LogP contribution in [0.25, 0.3) is 11.1 Å². The largest absolute Gasteiger partial charge is 0.382 e. The Morgan fingerprint density at radius 1 is 1.44 bits per heavy atom. The molecule has 0 saturated carbocycles. The fourth-order valence-corrected chi connectivity index (χ4v) is 2.29. The van der Waals surface area contributed by atoms with Crippen LogP contribution in [0.4, 0.5) is 5.82 Å². The van der Waals surface area contributed by atoms with E-state index < -0.39 is 15.1 Å². The maximum atomic E-state index is 11.6. The van der Waals surface area contributed by atoms with E-state index in [0.717, 1.165) is 5.56 Å². The van der Waals surface area contributed by atoms with Gasteiger partial charge in [-0.1, -0.05) is 6.07 Å². The van der Waals surface area contributed by atoms with Crippen LogP contribution in [-0.4, -0.2) is 29.9 Å². The monoisotopic (exact) mass is 266 g/mol. The second-order valence-corrected chi connectivity index (χ2v) is 6.48. The van der Waals surface area contributed by atoms with Crippen LogP contribution in [0.5, 0.6) is 0 Å². The number of nitrogens with zero attached hydrogens (tertiary/aromatic N) is 2. The number of H-pyrrole nitrogens is 1. The number of aromatic amines is 1. The van der Waals surface area contributed by atoms with Crippen molar-refractivity contribution in [1.29, 1.82) is 0 Å². The van der Waals surface area contributed by atoms with E-state index in [1.165, 1.54) is 6.26 Å². The minimum atomic E-state index is -3.22. The third-order valence-electron chi connectivity index (χ3n) is 2.82. The minimum absolute atomic E-state index is 0.272. The summed E-state index contributed by atoms with van der Waals surface area (Å²) in [5.74, 6) is 0.272. The first-order valence-corrected chi connectivity index (χ1v) is 7.29. The van der Waals surface area contributed by atoms with Crippen molar-refractivity contribution in [3.05, 3.63) is 30.2 Å². The van der Waals surface area contributed by atoms with Crippen LogP contribution in [0.1, 0.15) is 17.9 Å². The number of nitrogens with one attached hydrogen (secondary N) is 1. The van der Waals surface area contributed by atoms with E-state index in [9.17, 15) is 8.42 Å². The van der Waals surface area contributed by atoms with Crippen molar-refractivity contribution in [3.8, 4) is 11.1 Å². The zero-order valence-corrected chi connectivity index (χ0v) is 10.9. The van der Waals surface area contributed by atoms with Crippen LogP contribution in [0.15, 0.2) is 24.5 Å². The molecule has 7 heteroatoms. The molecule has 1 unspecified atom stereocenters. The molecule has 1 atom stereocenters. The molecule has 2 aromatic rings. The highest BCUT2D eigenvalue weighted by atomic mass is 32.2. The molecule has 0 aromatic carbocycles. The van der Waals surface area contributed by atoms with E-state index in [2.05, 4.69) is 15.2 Å². The summed E-state index contributed by atoms with van der Waals surface area (Å²) < 4.78 is 23.2. The summed E-state index contributed by atoms with van der Waals surface area (Å²) in [5.41, 5.74) is 7.62. The molecule has 0 aliphatic heterocycles. The molecule has 0 saturated heterocycles. The van der Waals surface area contributed by atoms with Gasteiger partial charge in [-0.25, -0.2) is 8.42 Å². The van der Waals surface area contributed by atoms with E-state index in [0.29, 0.717) is 11.3 Å². The average molecular weight is 266 g/mol. The van der Waals surface area contributed by atoms with Crippen molar-refractivity contribution in [2.24, 2.45) is 0 Å². The second-order valence-electron chi connectivity index (χ2n) is 4.11. The lowest BCUT2D eigenvalue weighted by atomic mass is 10.1. The first kappa shape index (κ1) is 12.6. The molecule has 0 aliphatic rings. The van der Waals surface area contributed by atoms with Gasteiger partial charge >= 0.3 is 0 Å². The Morgan fingerprint density at radius 3 is 2.72 bits per heavy atom. The number of aromatic nitrogens is 3. The Kier molecular flexibility index (Phi) is 3.08. The quantitative estimate of drug-likeness (QED) is 0.868. The normalized spacial score (nSPS) is 13.4. The van der Waals surface area contributed by atoms with Gasteiger partial charge < -0.3 is 5.73 Å². The number of nitrogen functional groups attached to an aromatic ring is 1. The number of nitrogens with two attached hydrogens (primary N) is 1. The lowest BCUT2D eigenvalue weighted by Crippen LogP contribution is -2.09. The smallest absolute Gasteiger partial charge is 0.155 e. The predicted molar refractivity (Wildman–Crippen MR) is 69.5 cm³/mol. The summed E-state index contributed by atoms with van der Waals surface area (Å²) >= 11 is 0. The van der Waals surface area contributed by atoms with Crippen LogP contribution >= 0.6 is 0 Å². The van der Waals surface area contributed by atoms with Crippen LogP contribution in [-0.2, 0) is 9.84 Å². The summed E-state index contributed by atoms with van der Waals surface area (Å²) in [7, 11) is -3.22. The SMILES string of the molecule is CC(c1[nH]nc(N)c1-c1cccnc1)S(C)(=O)=O. The minimum Gasteiger partial charge on any atom is -0.382 e. The van der Waals surface area contributed by atoms with Gasteiger partial charge in [-0.3, -0.25) is 10.1 Å². The number of hydrogen-bond donors (Lipinski definition) is 2. The third-order valence-corrected chi connectivity index (χ3v) is 4.34. The van der Waals surface area contributed by atoms with Crippen molar-refractivity contribution in [2.45, 2.75) is 12.2 Å². The first-order valence-electron chi connectivity index (χ1n) is 5.34. The Bertz CT molecular complexity index is 649. The first-order chi connectivity index (χ1) is 8.41. The number of anilines is 1. The van der Waals surface area contributed by atoms with Gasteiger partial charge in [0.1, 0.15) is 5.25 Å². The molecule has 0 bridgehead atoms. The van der Waals surface area contributed by atoms with Crippen molar-refractivity contribution < 1.29 is 8.42 Å². The predicted octanol–water partition coefficient (Wildman–Crippen LogP) is 1.16. The van der Waals surface area contributed by atoms with E-state index in [-0.39, 0.29) is 5.82 Å². The zero-order valence-electron chi connectivity index (χ0n) is 10.1. The van der Waals surface area contributed by atoms with Crippen LogP contribution in [0, 0.1) is 0 Å². The molecule has 0 radical (unpaired) electrons. The number of rotatable bonds is 3. The Morgan fingerprint density at radius 2 is 2.17 bits per heavy atom. The second kappa shape index (κ2) is 4.41. The van der Waals surface area contributed by atoms with Gasteiger partial charge in [-0.05, 0) is 13.0 Å². The molecule has 0 amide bonds. The topological polar surface area (TPSA) is 102 Å². The van der Waals surface area contributed by atoms with Gasteiger partial charge in [0.05, 0.1) is 5.69 Å². The molecule has 2 heterocycles. The van der Waals surface area contributed by atoms with Crippen LogP contribution in [0.3, 0.4) is 0 Å². The van der Waals surface area contributed by atoms with Gasteiger partial charge in [0.15, 0.2) is 15.7 Å². The van der Waals surface area contributed by atoms with Crippen molar-refractivity contribution >= 4 is 15.7 Å². The van der Waals surface area contributed by atoms with Gasteiger partial charge in [0.25, 0.3) is 0 Å². The van der Waals surface area contributed by atoms with E-state index in [1.807, 2.05) is 6.07 Å². The van der Waals surface area contributed by atoms with Crippen LogP contribution in [0.2, 0.25) is 0 Å². The number of pyridine rings is 1. The standard InChI is InChI=1S/C11H14N4O2S/c1-7(18(2,16)17)10-9(11(12)15-14-10)8-4-3-5-13-6-8/h3-7H,1-2H3,(H3,12,14,15). The summed E-state index contributed by atoms with van der Waals surface area (Å²) in [6, 6.07) is 3.57. The summed E-state index contributed by atoms with van der Waals surface area (Å²) in [5, 5.41) is 5.89. The van der Waals surface area contributed by atoms with Gasteiger partial charge in [0.2, 0.25) is 0 Å². The van der Waals surface area contributed by atoms with E-state index in [1.54, 1.807) is 25.4 Å². The molecule has 0 aliphatic carbocycles. The Labute approximate surface area is 105 Å². The lowest BCUT2D eigenvalue weighted by molar-refractivity contribution is 0.591. The Hall–Kier alpha value is -1.89. The lowest BCUT2D eigenvalue weighted by Gasteiger charge is -2.10. The summed E-state index contributed by atoms with van der Waals surface area (Å²) in [6.07, 6.45) is 4.45. The molecule has 2 rings (SSSR count). The molecule has 96 valence electrons. The molecule has 0 spiro atoms. The van der Waals surface area contributed by atoms with Gasteiger partial charge in [-0.15, -0.1) is 0 Å². The highest BCUT2D eigenvalue weighted by Crippen LogP contribution is 2.33. The van der Waals surface area contributed by atoms with Crippen molar-refractivity contribution in [1.82, 2.24) is 15.2 Å². The Balaban J connectivity index is 2.60. The molecule has 2 aromatic heterocycles. The zero-order chi connectivity index (χ0) is 13.3. The van der Waals surface area contributed by atoms with Crippen molar-refractivity contribution in [3.63, 3.8) is 0 Å². The fourth-order valence-electron chi connectivity index (χ4n) is 1.69. The van der Waals surface area contributed by atoms with Crippen molar-refractivity contribution in [2.75, 3.05) is 12.0 Å².